The predicted molar refractivity (Wildman–Crippen MR) is 85.8 cm³/mol. The average Bonchev–Trinajstić information content (AvgIpc) is 2.52. The molecule has 0 aliphatic carbocycles. The van der Waals surface area contributed by atoms with E-state index < -0.39 is 17.7 Å². The van der Waals surface area contributed by atoms with Gasteiger partial charge >= 0.3 is 6.03 Å². The number of carbonyl (C=O) groups excluding carboxylic acids is 1. The van der Waals surface area contributed by atoms with Gasteiger partial charge in [0.25, 0.3) is 0 Å². The summed E-state index contributed by atoms with van der Waals surface area (Å²) < 4.78 is 31.8. The SMILES string of the molecule is CCCCOc1ccc(NC(=O)Nc2ccc(F)cc2F)cc1. The largest absolute Gasteiger partial charge is 0.494 e. The van der Waals surface area contributed by atoms with Crippen LogP contribution in [0.2, 0.25) is 0 Å². The number of urea groups is 1. The first-order valence-electron chi connectivity index (χ1n) is 7.34. The van der Waals surface area contributed by atoms with E-state index in [-0.39, 0.29) is 5.69 Å². The van der Waals surface area contributed by atoms with Gasteiger partial charge < -0.3 is 15.4 Å². The quantitative estimate of drug-likeness (QED) is 0.752. The fourth-order valence-corrected chi connectivity index (χ4v) is 1.84. The number of hydrogen-bond donors (Lipinski definition) is 2. The molecule has 122 valence electrons. The van der Waals surface area contributed by atoms with E-state index in [1.54, 1.807) is 24.3 Å². The Labute approximate surface area is 133 Å². The molecule has 0 fully saturated rings. The van der Waals surface area contributed by atoms with Crippen LogP contribution in [-0.2, 0) is 0 Å². The third-order valence-corrected chi connectivity index (χ3v) is 3.06. The van der Waals surface area contributed by atoms with Crippen LogP contribution in [-0.4, -0.2) is 12.6 Å². The smallest absolute Gasteiger partial charge is 0.323 e. The lowest BCUT2D eigenvalue weighted by molar-refractivity contribution is 0.262. The van der Waals surface area contributed by atoms with Crippen LogP contribution in [0.1, 0.15) is 19.8 Å². The molecule has 0 heterocycles. The molecule has 23 heavy (non-hydrogen) atoms. The zero-order valence-electron chi connectivity index (χ0n) is 12.7. The molecule has 0 saturated heterocycles. The van der Waals surface area contributed by atoms with Gasteiger partial charge in [-0.15, -0.1) is 0 Å². The molecule has 0 aromatic heterocycles. The van der Waals surface area contributed by atoms with Crippen molar-refractivity contribution in [1.82, 2.24) is 0 Å². The molecule has 2 amide bonds. The van der Waals surface area contributed by atoms with Gasteiger partial charge in [-0.05, 0) is 42.8 Å². The second-order valence-corrected chi connectivity index (χ2v) is 4.93. The number of carbonyl (C=O) groups is 1. The maximum atomic E-state index is 13.5. The molecular formula is C17H18F2N2O2. The number of ether oxygens (including phenoxy) is 1. The first-order chi connectivity index (χ1) is 11.1. The standard InChI is InChI=1S/C17H18F2N2O2/c1-2-3-10-23-14-7-5-13(6-8-14)20-17(22)21-16-9-4-12(18)11-15(16)19/h4-9,11H,2-3,10H2,1H3,(H2,20,21,22). The summed E-state index contributed by atoms with van der Waals surface area (Å²) in [7, 11) is 0. The van der Waals surface area contributed by atoms with Crippen molar-refractivity contribution >= 4 is 17.4 Å². The van der Waals surface area contributed by atoms with Crippen LogP contribution in [0.15, 0.2) is 42.5 Å². The minimum Gasteiger partial charge on any atom is -0.494 e. The van der Waals surface area contributed by atoms with Crippen molar-refractivity contribution < 1.29 is 18.3 Å². The van der Waals surface area contributed by atoms with Crippen molar-refractivity contribution in [3.05, 3.63) is 54.1 Å². The number of unbranched alkanes of at least 4 members (excludes halogenated alkanes) is 1. The molecule has 2 aromatic carbocycles. The van der Waals surface area contributed by atoms with Gasteiger partial charge in [-0.3, -0.25) is 0 Å². The maximum absolute atomic E-state index is 13.5. The molecule has 0 unspecified atom stereocenters. The van der Waals surface area contributed by atoms with Gasteiger partial charge in [0.15, 0.2) is 0 Å². The van der Waals surface area contributed by atoms with E-state index in [4.69, 9.17) is 4.74 Å². The second kappa shape index (κ2) is 8.12. The van der Waals surface area contributed by atoms with Crippen molar-refractivity contribution in [2.24, 2.45) is 0 Å². The monoisotopic (exact) mass is 320 g/mol. The normalized spacial score (nSPS) is 10.2. The molecule has 2 rings (SSSR count). The van der Waals surface area contributed by atoms with E-state index in [2.05, 4.69) is 17.6 Å². The van der Waals surface area contributed by atoms with Gasteiger partial charge in [-0.1, -0.05) is 13.3 Å². The number of halogens is 2. The van der Waals surface area contributed by atoms with E-state index in [1.165, 1.54) is 0 Å². The van der Waals surface area contributed by atoms with Crippen LogP contribution >= 0.6 is 0 Å². The Balaban J connectivity index is 1.89. The first-order valence-corrected chi connectivity index (χ1v) is 7.34. The second-order valence-electron chi connectivity index (χ2n) is 4.93. The fourth-order valence-electron chi connectivity index (χ4n) is 1.84. The lowest BCUT2D eigenvalue weighted by Gasteiger charge is -2.10. The Hall–Kier alpha value is -2.63. The minimum absolute atomic E-state index is 0.0941. The summed E-state index contributed by atoms with van der Waals surface area (Å²) in [4.78, 5) is 11.8. The van der Waals surface area contributed by atoms with Crippen molar-refractivity contribution in [3.63, 3.8) is 0 Å². The third-order valence-electron chi connectivity index (χ3n) is 3.06. The number of anilines is 2. The Morgan fingerprint density at radius 1 is 1.09 bits per heavy atom. The maximum Gasteiger partial charge on any atom is 0.323 e. The van der Waals surface area contributed by atoms with Gasteiger partial charge in [0.2, 0.25) is 0 Å². The van der Waals surface area contributed by atoms with E-state index in [0.717, 1.165) is 25.0 Å². The van der Waals surface area contributed by atoms with E-state index in [1.807, 2.05) is 0 Å². The van der Waals surface area contributed by atoms with Crippen molar-refractivity contribution in [2.75, 3.05) is 17.2 Å². The predicted octanol–water partition coefficient (Wildman–Crippen LogP) is 4.79. The van der Waals surface area contributed by atoms with Crippen LogP contribution in [0.5, 0.6) is 5.75 Å². The highest BCUT2D eigenvalue weighted by molar-refractivity contribution is 5.99. The fraction of sp³-hybridized carbons (Fsp3) is 0.235. The van der Waals surface area contributed by atoms with Crippen molar-refractivity contribution in [2.45, 2.75) is 19.8 Å². The highest BCUT2D eigenvalue weighted by Crippen LogP contribution is 2.18. The summed E-state index contributed by atoms with van der Waals surface area (Å²) >= 11 is 0. The molecule has 4 nitrogen and oxygen atoms in total. The third kappa shape index (κ3) is 5.25. The molecule has 0 spiro atoms. The Kier molecular flexibility index (Phi) is 5.91. The number of rotatable bonds is 6. The molecule has 0 aliphatic heterocycles. The zero-order chi connectivity index (χ0) is 16.7. The van der Waals surface area contributed by atoms with Crippen molar-refractivity contribution in [3.8, 4) is 5.75 Å². The number of hydrogen-bond acceptors (Lipinski definition) is 2. The van der Waals surface area contributed by atoms with Gasteiger partial charge in [0, 0.05) is 11.8 Å². The number of nitrogens with one attached hydrogen (secondary N) is 2. The Bertz CT molecular complexity index is 660. The first kappa shape index (κ1) is 16.7. The van der Waals surface area contributed by atoms with Crippen LogP contribution < -0.4 is 15.4 Å². The molecule has 2 aromatic rings. The van der Waals surface area contributed by atoms with Crippen LogP contribution in [0.25, 0.3) is 0 Å². The summed E-state index contributed by atoms with van der Waals surface area (Å²) in [5.74, 6) is -0.819. The molecule has 0 radical (unpaired) electrons. The molecule has 0 atom stereocenters. The summed E-state index contributed by atoms with van der Waals surface area (Å²) in [6.45, 7) is 2.73. The minimum atomic E-state index is -0.833. The zero-order valence-corrected chi connectivity index (χ0v) is 12.7. The molecule has 2 N–H and O–H groups in total. The molecule has 0 aliphatic rings. The van der Waals surface area contributed by atoms with E-state index >= 15 is 0 Å². The lowest BCUT2D eigenvalue weighted by atomic mass is 10.3. The van der Waals surface area contributed by atoms with Crippen LogP contribution in [0.3, 0.4) is 0 Å². The van der Waals surface area contributed by atoms with Crippen molar-refractivity contribution in [1.29, 1.82) is 0 Å². The molecule has 0 bridgehead atoms. The topological polar surface area (TPSA) is 50.4 Å². The lowest BCUT2D eigenvalue weighted by Crippen LogP contribution is -2.20. The van der Waals surface area contributed by atoms with Crippen LogP contribution in [0, 0.1) is 11.6 Å². The molecule has 0 saturated carbocycles. The summed E-state index contributed by atoms with van der Waals surface area (Å²) in [6.07, 6.45) is 2.03. The summed E-state index contributed by atoms with van der Waals surface area (Å²) in [5, 5.41) is 4.88. The van der Waals surface area contributed by atoms with Crippen LogP contribution in [0.4, 0.5) is 25.0 Å². The number of amides is 2. The highest BCUT2D eigenvalue weighted by atomic mass is 19.1. The summed E-state index contributed by atoms with van der Waals surface area (Å²) in [5.41, 5.74) is 0.441. The van der Waals surface area contributed by atoms with Gasteiger partial charge in [0.05, 0.1) is 12.3 Å². The Morgan fingerprint density at radius 2 is 1.83 bits per heavy atom. The molecule has 6 heteroatoms. The highest BCUT2D eigenvalue weighted by Gasteiger charge is 2.08. The number of benzene rings is 2. The van der Waals surface area contributed by atoms with Gasteiger partial charge in [-0.25, -0.2) is 13.6 Å². The van der Waals surface area contributed by atoms with Gasteiger partial charge in [0.1, 0.15) is 17.4 Å². The van der Waals surface area contributed by atoms with E-state index in [9.17, 15) is 13.6 Å². The molecular weight excluding hydrogens is 302 g/mol. The van der Waals surface area contributed by atoms with E-state index in [0.29, 0.717) is 24.1 Å². The van der Waals surface area contributed by atoms with Gasteiger partial charge in [-0.2, -0.15) is 0 Å². The Morgan fingerprint density at radius 3 is 2.48 bits per heavy atom. The average molecular weight is 320 g/mol. The summed E-state index contributed by atoms with van der Waals surface area (Å²) in [6, 6.07) is 9.17.